The fourth-order valence-corrected chi connectivity index (χ4v) is 4.65. The highest BCUT2D eigenvalue weighted by molar-refractivity contribution is 5.18. The average Bonchev–Trinajstić information content (AvgIpc) is 2.76. The van der Waals surface area contributed by atoms with Gasteiger partial charge in [-0.3, -0.25) is 0 Å². The number of hydrogen-bond donors (Lipinski definition) is 0. The van der Waals surface area contributed by atoms with Gasteiger partial charge >= 0.3 is 0 Å². The Balaban J connectivity index is 2.67. The van der Waals surface area contributed by atoms with Crippen LogP contribution in [0, 0.1) is 22.7 Å². The SMILES string of the molecule is CCCCCC1(C)C(C)C1(CC)C(C)CC. The minimum absolute atomic E-state index is 0.645. The van der Waals surface area contributed by atoms with E-state index < -0.39 is 0 Å². The molecule has 4 atom stereocenters. The van der Waals surface area contributed by atoms with Crippen molar-refractivity contribution in [3.05, 3.63) is 0 Å². The van der Waals surface area contributed by atoms with Gasteiger partial charge in [0.05, 0.1) is 0 Å². The first-order valence-electron chi connectivity index (χ1n) is 7.51. The standard InChI is InChI=1S/C16H32/c1-7-10-11-12-15(6)14(5)16(15,9-3)13(4)8-2/h13-14H,7-12H2,1-6H3. The van der Waals surface area contributed by atoms with Crippen LogP contribution in [0.3, 0.4) is 0 Å². The van der Waals surface area contributed by atoms with E-state index in [0.717, 1.165) is 11.8 Å². The molecule has 0 aromatic carbocycles. The summed E-state index contributed by atoms with van der Waals surface area (Å²) >= 11 is 0. The molecule has 96 valence electrons. The van der Waals surface area contributed by atoms with Crippen molar-refractivity contribution in [3.8, 4) is 0 Å². The number of hydrogen-bond acceptors (Lipinski definition) is 0. The zero-order valence-corrected chi connectivity index (χ0v) is 12.4. The summed E-state index contributed by atoms with van der Waals surface area (Å²) in [4.78, 5) is 0. The molecule has 0 heteroatoms. The Morgan fingerprint density at radius 3 is 2.19 bits per heavy atom. The summed E-state index contributed by atoms with van der Waals surface area (Å²) < 4.78 is 0. The van der Waals surface area contributed by atoms with Crippen molar-refractivity contribution in [1.29, 1.82) is 0 Å². The quantitative estimate of drug-likeness (QED) is 0.489. The lowest BCUT2D eigenvalue weighted by Gasteiger charge is -2.27. The van der Waals surface area contributed by atoms with Gasteiger partial charge in [0.15, 0.2) is 0 Å². The molecule has 0 nitrogen and oxygen atoms in total. The van der Waals surface area contributed by atoms with Crippen molar-refractivity contribution in [1.82, 2.24) is 0 Å². The Labute approximate surface area is 103 Å². The van der Waals surface area contributed by atoms with Crippen molar-refractivity contribution in [2.45, 2.75) is 80.1 Å². The third-order valence-corrected chi connectivity index (χ3v) is 6.08. The second-order valence-electron chi connectivity index (χ2n) is 6.30. The lowest BCUT2D eigenvalue weighted by molar-refractivity contribution is 0.218. The maximum Gasteiger partial charge on any atom is -0.0187 e. The Kier molecular flexibility index (Phi) is 4.49. The lowest BCUT2D eigenvalue weighted by atomic mass is 9.77. The fourth-order valence-electron chi connectivity index (χ4n) is 4.65. The smallest absolute Gasteiger partial charge is 0.0187 e. The second-order valence-corrected chi connectivity index (χ2v) is 6.30. The van der Waals surface area contributed by atoms with E-state index in [1.165, 1.54) is 38.5 Å². The molecule has 4 unspecified atom stereocenters. The topological polar surface area (TPSA) is 0 Å². The molecule has 0 heterocycles. The largest absolute Gasteiger partial charge is 0.0654 e. The van der Waals surface area contributed by atoms with E-state index in [4.69, 9.17) is 0 Å². The van der Waals surface area contributed by atoms with E-state index in [9.17, 15) is 0 Å². The molecule has 0 N–H and O–H groups in total. The zero-order chi connectivity index (χ0) is 12.4. The van der Waals surface area contributed by atoms with Crippen LogP contribution in [0.15, 0.2) is 0 Å². The van der Waals surface area contributed by atoms with Gasteiger partial charge in [0.1, 0.15) is 0 Å². The highest BCUT2D eigenvalue weighted by Gasteiger charge is 2.70. The van der Waals surface area contributed by atoms with Crippen molar-refractivity contribution < 1.29 is 0 Å². The van der Waals surface area contributed by atoms with Crippen LogP contribution in [0.5, 0.6) is 0 Å². The maximum atomic E-state index is 2.56. The van der Waals surface area contributed by atoms with Crippen LogP contribution in [0.2, 0.25) is 0 Å². The molecular formula is C16H32. The van der Waals surface area contributed by atoms with Crippen molar-refractivity contribution in [2.24, 2.45) is 22.7 Å². The summed E-state index contributed by atoms with van der Waals surface area (Å²) in [6.07, 6.45) is 8.40. The van der Waals surface area contributed by atoms with Gasteiger partial charge in [-0.2, -0.15) is 0 Å². The molecule has 1 rings (SSSR count). The third-order valence-electron chi connectivity index (χ3n) is 6.08. The van der Waals surface area contributed by atoms with Gasteiger partial charge in [-0.1, -0.05) is 67.2 Å². The minimum atomic E-state index is 0.645. The lowest BCUT2D eigenvalue weighted by Crippen LogP contribution is -2.19. The molecule has 16 heavy (non-hydrogen) atoms. The predicted octanol–water partition coefficient (Wildman–Crippen LogP) is 5.67. The summed E-state index contributed by atoms with van der Waals surface area (Å²) in [5.41, 5.74) is 1.31. The molecule has 0 spiro atoms. The van der Waals surface area contributed by atoms with E-state index in [1.54, 1.807) is 0 Å². The zero-order valence-electron chi connectivity index (χ0n) is 12.4. The van der Waals surface area contributed by atoms with E-state index in [-0.39, 0.29) is 0 Å². The Morgan fingerprint density at radius 1 is 1.12 bits per heavy atom. The van der Waals surface area contributed by atoms with E-state index in [2.05, 4.69) is 41.5 Å². The minimum Gasteiger partial charge on any atom is -0.0654 e. The number of unbranched alkanes of at least 4 members (excludes halogenated alkanes) is 2. The Bertz CT molecular complexity index is 220. The van der Waals surface area contributed by atoms with Gasteiger partial charge in [0.25, 0.3) is 0 Å². The van der Waals surface area contributed by atoms with Crippen LogP contribution >= 0.6 is 0 Å². The first-order chi connectivity index (χ1) is 7.51. The Morgan fingerprint density at radius 2 is 1.75 bits per heavy atom. The molecule has 1 fully saturated rings. The number of rotatable bonds is 7. The molecule has 1 saturated carbocycles. The fraction of sp³-hybridized carbons (Fsp3) is 1.00. The molecule has 1 aliphatic carbocycles. The Hall–Kier alpha value is 0. The molecule has 0 bridgehead atoms. The van der Waals surface area contributed by atoms with Crippen LogP contribution < -0.4 is 0 Å². The van der Waals surface area contributed by atoms with Gasteiger partial charge in [-0.15, -0.1) is 0 Å². The molecule has 0 radical (unpaired) electrons. The van der Waals surface area contributed by atoms with Gasteiger partial charge in [-0.05, 0) is 35.5 Å². The summed E-state index contributed by atoms with van der Waals surface area (Å²) in [7, 11) is 0. The van der Waals surface area contributed by atoms with E-state index in [0.29, 0.717) is 10.8 Å². The maximum absolute atomic E-state index is 2.56. The molecular weight excluding hydrogens is 192 g/mol. The van der Waals surface area contributed by atoms with Crippen LogP contribution in [0.25, 0.3) is 0 Å². The summed E-state index contributed by atoms with van der Waals surface area (Å²) in [6.45, 7) is 14.6. The van der Waals surface area contributed by atoms with Crippen molar-refractivity contribution in [2.75, 3.05) is 0 Å². The van der Waals surface area contributed by atoms with Gasteiger partial charge < -0.3 is 0 Å². The van der Waals surface area contributed by atoms with Crippen LogP contribution in [-0.4, -0.2) is 0 Å². The first-order valence-corrected chi connectivity index (χ1v) is 7.51. The van der Waals surface area contributed by atoms with Crippen molar-refractivity contribution in [3.63, 3.8) is 0 Å². The molecule has 0 aromatic rings. The monoisotopic (exact) mass is 224 g/mol. The highest BCUT2D eigenvalue weighted by atomic mass is 14.7. The molecule has 0 aromatic heterocycles. The van der Waals surface area contributed by atoms with E-state index in [1.807, 2.05) is 0 Å². The predicted molar refractivity (Wildman–Crippen MR) is 73.6 cm³/mol. The molecule has 1 aliphatic rings. The average molecular weight is 224 g/mol. The molecule has 0 aliphatic heterocycles. The highest BCUT2D eigenvalue weighted by Crippen LogP contribution is 2.76. The van der Waals surface area contributed by atoms with Gasteiger partial charge in [0.2, 0.25) is 0 Å². The second kappa shape index (κ2) is 5.10. The third kappa shape index (κ3) is 1.83. The summed E-state index contributed by atoms with van der Waals surface area (Å²) in [5.74, 6) is 1.84. The summed E-state index contributed by atoms with van der Waals surface area (Å²) in [5, 5.41) is 0. The van der Waals surface area contributed by atoms with Gasteiger partial charge in [-0.25, -0.2) is 0 Å². The summed E-state index contributed by atoms with van der Waals surface area (Å²) in [6, 6.07) is 0. The van der Waals surface area contributed by atoms with Crippen LogP contribution in [0.4, 0.5) is 0 Å². The molecule has 0 saturated heterocycles. The normalized spacial score (nSPS) is 39.8. The van der Waals surface area contributed by atoms with Gasteiger partial charge in [0, 0.05) is 0 Å². The van der Waals surface area contributed by atoms with Crippen LogP contribution in [0.1, 0.15) is 80.1 Å². The van der Waals surface area contributed by atoms with Crippen molar-refractivity contribution >= 4 is 0 Å². The van der Waals surface area contributed by atoms with Crippen LogP contribution in [-0.2, 0) is 0 Å². The first kappa shape index (κ1) is 14.1. The van der Waals surface area contributed by atoms with E-state index >= 15 is 0 Å². The molecule has 0 amide bonds.